The van der Waals surface area contributed by atoms with Gasteiger partial charge in [-0.3, -0.25) is 9.48 Å². The van der Waals surface area contributed by atoms with Crippen LogP contribution in [0.15, 0.2) is 30.5 Å². The van der Waals surface area contributed by atoms with Crippen LogP contribution in [0.3, 0.4) is 0 Å². The Balaban J connectivity index is 1.73. The number of nitrogens with one attached hydrogen (secondary N) is 1. The number of primary amides is 1. The number of amides is 1. The van der Waals surface area contributed by atoms with Gasteiger partial charge in [-0.25, -0.2) is 0 Å². The van der Waals surface area contributed by atoms with Gasteiger partial charge in [-0.2, -0.15) is 5.10 Å². The van der Waals surface area contributed by atoms with Crippen LogP contribution in [0.2, 0.25) is 5.02 Å². The predicted octanol–water partition coefficient (Wildman–Crippen LogP) is 2.19. The monoisotopic (exact) mass is 318 g/mol. The van der Waals surface area contributed by atoms with Crippen LogP contribution in [0.5, 0.6) is 0 Å². The molecule has 1 aliphatic rings. The fourth-order valence-corrected chi connectivity index (χ4v) is 3.11. The smallest absolute Gasteiger partial charge is 0.239 e. The first-order valence-corrected chi connectivity index (χ1v) is 7.82. The molecule has 3 rings (SSSR count). The van der Waals surface area contributed by atoms with E-state index in [1.165, 1.54) is 5.56 Å². The largest absolute Gasteiger partial charge is 0.368 e. The minimum Gasteiger partial charge on any atom is -0.368 e. The number of nitrogens with two attached hydrogens (primary N) is 1. The molecule has 0 aliphatic heterocycles. The van der Waals surface area contributed by atoms with Crippen LogP contribution < -0.4 is 11.1 Å². The van der Waals surface area contributed by atoms with Gasteiger partial charge < -0.3 is 11.1 Å². The Kier molecular flexibility index (Phi) is 4.45. The van der Waals surface area contributed by atoms with Gasteiger partial charge in [-0.1, -0.05) is 29.8 Å². The van der Waals surface area contributed by atoms with Crippen molar-refractivity contribution in [1.82, 2.24) is 15.1 Å². The molecule has 0 spiro atoms. The molecule has 6 heteroatoms. The lowest BCUT2D eigenvalue weighted by atomic mass is 9.93. The van der Waals surface area contributed by atoms with Crippen molar-refractivity contribution in [2.45, 2.75) is 38.4 Å². The molecule has 1 heterocycles. The standard InChI is InChI=1S/C16H19ClN4O/c17-13-6-2-1-4-11(13)8-19-14-7-3-5-12-9-21(10-15(18)22)20-16(12)14/h1-2,4,6,9,14,19H,3,5,7-8,10H2,(H2,18,22). The average molecular weight is 319 g/mol. The first-order valence-electron chi connectivity index (χ1n) is 7.45. The average Bonchev–Trinajstić information content (AvgIpc) is 2.88. The maximum absolute atomic E-state index is 11.0. The highest BCUT2D eigenvalue weighted by Gasteiger charge is 2.23. The molecule has 2 aromatic rings. The zero-order valence-electron chi connectivity index (χ0n) is 12.3. The van der Waals surface area contributed by atoms with Crippen molar-refractivity contribution in [3.8, 4) is 0 Å². The predicted molar refractivity (Wildman–Crippen MR) is 85.4 cm³/mol. The van der Waals surface area contributed by atoms with Gasteiger partial charge in [0, 0.05) is 17.8 Å². The Labute approximate surface area is 134 Å². The van der Waals surface area contributed by atoms with Crippen molar-refractivity contribution in [2.75, 3.05) is 0 Å². The highest BCUT2D eigenvalue weighted by atomic mass is 35.5. The van der Waals surface area contributed by atoms with Gasteiger partial charge in [-0.05, 0) is 36.5 Å². The van der Waals surface area contributed by atoms with Crippen molar-refractivity contribution in [2.24, 2.45) is 5.73 Å². The normalized spacial score (nSPS) is 17.2. The second-order valence-corrected chi connectivity index (χ2v) is 6.03. The minimum atomic E-state index is -0.375. The molecule has 1 aliphatic carbocycles. The Bertz CT molecular complexity index is 683. The molecule has 0 saturated heterocycles. The molecule has 22 heavy (non-hydrogen) atoms. The van der Waals surface area contributed by atoms with E-state index in [2.05, 4.69) is 10.4 Å². The lowest BCUT2D eigenvalue weighted by Gasteiger charge is -2.22. The summed E-state index contributed by atoms with van der Waals surface area (Å²) in [5.74, 6) is -0.375. The molecular weight excluding hydrogens is 300 g/mol. The summed E-state index contributed by atoms with van der Waals surface area (Å²) in [6, 6.07) is 8.01. The molecule has 0 saturated carbocycles. The summed E-state index contributed by atoms with van der Waals surface area (Å²) in [4.78, 5) is 11.0. The molecular formula is C16H19ClN4O. The van der Waals surface area contributed by atoms with Gasteiger partial charge >= 0.3 is 0 Å². The summed E-state index contributed by atoms with van der Waals surface area (Å²) in [7, 11) is 0. The lowest BCUT2D eigenvalue weighted by molar-refractivity contribution is -0.118. The van der Waals surface area contributed by atoms with Crippen LogP contribution in [-0.4, -0.2) is 15.7 Å². The summed E-state index contributed by atoms with van der Waals surface area (Å²) in [6.07, 6.45) is 5.07. The van der Waals surface area contributed by atoms with E-state index in [-0.39, 0.29) is 18.5 Å². The zero-order chi connectivity index (χ0) is 15.5. The van der Waals surface area contributed by atoms with Crippen LogP contribution in [-0.2, 0) is 24.3 Å². The van der Waals surface area contributed by atoms with Crippen molar-refractivity contribution >= 4 is 17.5 Å². The van der Waals surface area contributed by atoms with E-state index >= 15 is 0 Å². The molecule has 0 bridgehead atoms. The number of hydrogen-bond acceptors (Lipinski definition) is 3. The number of fused-ring (bicyclic) bond motifs is 1. The number of halogens is 1. The van der Waals surface area contributed by atoms with Gasteiger partial charge in [0.2, 0.25) is 5.91 Å². The molecule has 1 aromatic carbocycles. The quantitative estimate of drug-likeness (QED) is 0.887. The fourth-order valence-electron chi connectivity index (χ4n) is 2.91. The number of benzene rings is 1. The number of carbonyl (C=O) groups excluding carboxylic acids is 1. The summed E-state index contributed by atoms with van der Waals surface area (Å²) in [5, 5.41) is 8.82. The van der Waals surface area contributed by atoms with Crippen LogP contribution in [0.4, 0.5) is 0 Å². The molecule has 5 nitrogen and oxygen atoms in total. The summed E-state index contributed by atoms with van der Waals surface area (Å²) < 4.78 is 1.64. The summed E-state index contributed by atoms with van der Waals surface area (Å²) in [5.41, 5.74) is 8.54. The van der Waals surface area contributed by atoms with Gasteiger partial charge in [0.1, 0.15) is 6.54 Å². The van der Waals surface area contributed by atoms with E-state index in [0.29, 0.717) is 6.54 Å². The Morgan fingerprint density at radius 2 is 2.27 bits per heavy atom. The number of rotatable bonds is 5. The van der Waals surface area contributed by atoms with Gasteiger partial charge in [-0.15, -0.1) is 0 Å². The number of hydrogen-bond donors (Lipinski definition) is 2. The van der Waals surface area contributed by atoms with E-state index in [0.717, 1.165) is 35.5 Å². The number of aromatic nitrogens is 2. The molecule has 1 amide bonds. The van der Waals surface area contributed by atoms with E-state index in [1.54, 1.807) is 4.68 Å². The first kappa shape index (κ1) is 15.1. The van der Waals surface area contributed by atoms with Gasteiger partial charge in [0.25, 0.3) is 0 Å². The van der Waals surface area contributed by atoms with E-state index < -0.39 is 0 Å². The van der Waals surface area contributed by atoms with Gasteiger partial charge in [0.05, 0.1) is 11.7 Å². The van der Waals surface area contributed by atoms with Crippen LogP contribution in [0.25, 0.3) is 0 Å². The SMILES string of the molecule is NC(=O)Cn1cc2c(n1)C(NCc1ccccc1Cl)CCC2. The molecule has 3 N–H and O–H groups in total. The third-order valence-corrected chi connectivity index (χ3v) is 4.32. The van der Waals surface area contributed by atoms with Crippen LogP contribution in [0, 0.1) is 0 Å². The summed E-state index contributed by atoms with van der Waals surface area (Å²) in [6.45, 7) is 0.830. The molecule has 1 unspecified atom stereocenters. The number of nitrogens with zero attached hydrogens (tertiary/aromatic N) is 2. The van der Waals surface area contributed by atoms with Crippen molar-refractivity contribution < 1.29 is 4.79 Å². The molecule has 1 aromatic heterocycles. The second kappa shape index (κ2) is 6.50. The van der Waals surface area contributed by atoms with E-state index in [1.807, 2.05) is 30.5 Å². The number of aryl methyl sites for hydroxylation is 1. The first-order chi connectivity index (χ1) is 10.6. The highest BCUT2D eigenvalue weighted by Crippen LogP contribution is 2.29. The highest BCUT2D eigenvalue weighted by molar-refractivity contribution is 6.31. The van der Waals surface area contributed by atoms with E-state index in [9.17, 15) is 4.79 Å². The maximum Gasteiger partial charge on any atom is 0.239 e. The molecule has 0 radical (unpaired) electrons. The third-order valence-electron chi connectivity index (χ3n) is 3.95. The maximum atomic E-state index is 11.0. The second-order valence-electron chi connectivity index (χ2n) is 5.62. The molecule has 0 fully saturated rings. The minimum absolute atomic E-state index is 0.129. The molecule has 1 atom stereocenters. The van der Waals surface area contributed by atoms with Crippen LogP contribution in [0.1, 0.15) is 35.7 Å². The Morgan fingerprint density at radius 3 is 3.05 bits per heavy atom. The van der Waals surface area contributed by atoms with E-state index in [4.69, 9.17) is 17.3 Å². The lowest BCUT2D eigenvalue weighted by Crippen LogP contribution is -2.25. The Hall–Kier alpha value is -1.85. The third kappa shape index (κ3) is 3.31. The number of carbonyl (C=O) groups is 1. The topological polar surface area (TPSA) is 72.9 Å². The van der Waals surface area contributed by atoms with Crippen LogP contribution >= 0.6 is 11.6 Å². The van der Waals surface area contributed by atoms with Crippen molar-refractivity contribution in [3.63, 3.8) is 0 Å². The Morgan fingerprint density at radius 1 is 1.45 bits per heavy atom. The fraction of sp³-hybridized carbons (Fsp3) is 0.375. The molecule has 116 valence electrons. The van der Waals surface area contributed by atoms with Crippen molar-refractivity contribution in [3.05, 3.63) is 52.3 Å². The van der Waals surface area contributed by atoms with Crippen molar-refractivity contribution in [1.29, 1.82) is 0 Å². The summed E-state index contributed by atoms with van der Waals surface area (Å²) >= 11 is 6.19. The van der Waals surface area contributed by atoms with Gasteiger partial charge in [0.15, 0.2) is 0 Å². The zero-order valence-corrected chi connectivity index (χ0v) is 13.0.